The van der Waals surface area contributed by atoms with Gasteiger partial charge in [0.25, 0.3) is 5.91 Å². The molecule has 0 radical (unpaired) electrons. The van der Waals surface area contributed by atoms with Gasteiger partial charge in [-0.15, -0.1) is 0 Å². The van der Waals surface area contributed by atoms with E-state index in [1.807, 2.05) is 27.7 Å². The van der Waals surface area contributed by atoms with E-state index in [4.69, 9.17) is 9.47 Å². The number of hydrogen-bond donors (Lipinski definition) is 2. The van der Waals surface area contributed by atoms with Crippen LogP contribution in [0.25, 0.3) is 0 Å². The predicted octanol–water partition coefficient (Wildman–Crippen LogP) is 1.28. The van der Waals surface area contributed by atoms with Crippen molar-refractivity contribution >= 4 is 29.6 Å². The highest BCUT2D eigenvalue weighted by atomic mass is 16.5. The second kappa shape index (κ2) is 9.53. The topological polar surface area (TPSA) is 154 Å². The zero-order chi connectivity index (χ0) is 27.1. The molecule has 4 rings (SSSR count). The Morgan fingerprint density at radius 1 is 1.35 bits per heavy atom. The number of ether oxygens (including phenoxy) is 2. The van der Waals surface area contributed by atoms with Crippen molar-refractivity contribution in [1.29, 1.82) is 5.26 Å². The number of fused-ring (bicyclic) bond motifs is 1. The molecule has 0 saturated carbocycles. The Bertz CT molecular complexity index is 1160. The summed E-state index contributed by atoms with van der Waals surface area (Å²) in [7, 11) is 1.22. The Morgan fingerprint density at radius 3 is 2.73 bits per heavy atom. The zero-order valence-electron chi connectivity index (χ0n) is 21.6. The van der Waals surface area contributed by atoms with Gasteiger partial charge in [0.2, 0.25) is 17.4 Å². The number of pyridine rings is 1. The van der Waals surface area contributed by atoms with E-state index in [0.717, 1.165) is 0 Å². The number of hydrogen-bond acceptors (Lipinski definition) is 8. The number of carbonyl (C=O) groups excluding carboxylic acids is 4. The largest absolute Gasteiger partial charge is 0.472 e. The van der Waals surface area contributed by atoms with Crippen LogP contribution in [0.15, 0.2) is 18.3 Å². The molecule has 4 amide bonds. The third kappa shape index (κ3) is 4.77. The smallest absolute Gasteiger partial charge is 0.407 e. The Kier molecular flexibility index (Phi) is 6.75. The summed E-state index contributed by atoms with van der Waals surface area (Å²) >= 11 is 0. The highest BCUT2D eigenvalue weighted by Gasteiger charge is 2.57. The molecule has 3 aliphatic rings. The van der Waals surface area contributed by atoms with E-state index >= 15 is 0 Å². The predicted molar refractivity (Wildman–Crippen MR) is 130 cm³/mol. The van der Waals surface area contributed by atoms with Gasteiger partial charge in [0, 0.05) is 19.2 Å². The van der Waals surface area contributed by atoms with E-state index in [-0.39, 0.29) is 24.7 Å². The third-order valence-electron chi connectivity index (χ3n) is 7.12. The van der Waals surface area contributed by atoms with Crippen molar-refractivity contribution in [3.63, 3.8) is 0 Å². The molecule has 2 saturated heterocycles. The number of rotatable bonds is 3. The van der Waals surface area contributed by atoms with Gasteiger partial charge >= 0.3 is 6.09 Å². The summed E-state index contributed by atoms with van der Waals surface area (Å²) in [5.41, 5.74) is -2.10. The van der Waals surface area contributed by atoms with Crippen molar-refractivity contribution in [3.8, 4) is 11.8 Å². The fraction of sp³-hybridized carbons (Fsp3) is 0.600. The number of alkyl carbamates (subject to hydrolysis) is 1. The van der Waals surface area contributed by atoms with Crippen molar-refractivity contribution in [1.82, 2.24) is 20.1 Å². The van der Waals surface area contributed by atoms with Crippen LogP contribution in [0.4, 0.5) is 10.6 Å². The maximum absolute atomic E-state index is 13.9. The van der Waals surface area contributed by atoms with Gasteiger partial charge in [-0.25, -0.2) is 9.78 Å². The molecule has 2 N–H and O–H groups in total. The summed E-state index contributed by atoms with van der Waals surface area (Å²) in [5.74, 6) is -0.654. The summed E-state index contributed by atoms with van der Waals surface area (Å²) < 4.78 is 10.7. The summed E-state index contributed by atoms with van der Waals surface area (Å²) in [6, 6.07) is 2.75. The molecule has 0 unspecified atom stereocenters. The van der Waals surface area contributed by atoms with Crippen LogP contribution < -0.4 is 15.4 Å². The minimum Gasteiger partial charge on any atom is -0.472 e. The van der Waals surface area contributed by atoms with Crippen LogP contribution in [0.2, 0.25) is 0 Å². The lowest BCUT2D eigenvalue weighted by Crippen LogP contribution is -2.59. The molecule has 5 atom stereocenters. The lowest BCUT2D eigenvalue weighted by Gasteiger charge is -2.36. The molecular formula is C25H32N6O6. The third-order valence-corrected chi connectivity index (χ3v) is 7.12. The quantitative estimate of drug-likeness (QED) is 0.614. The first-order chi connectivity index (χ1) is 17.4. The Hall–Kier alpha value is -3.88. The lowest BCUT2D eigenvalue weighted by molar-refractivity contribution is -0.147. The van der Waals surface area contributed by atoms with Crippen LogP contribution in [0, 0.1) is 22.7 Å². The first-order valence-electron chi connectivity index (χ1n) is 12.2. The Labute approximate surface area is 215 Å². The average molecular weight is 513 g/mol. The molecule has 12 nitrogen and oxygen atoms in total. The van der Waals surface area contributed by atoms with Crippen LogP contribution in [0.3, 0.4) is 0 Å². The number of carbonyl (C=O) groups is 4. The summed E-state index contributed by atoms with van der Waals surface area (Å²) in [6.07, 6.45) is 1.15. The van der Waals surface area contributed by atoms with Crippen molar-refractivity contribution in [2.75, 3.05) is 25.5 Å². The normalized spacial score (nSPS) is 27.6. The number of likely N-dealkylation sites (tertiary alicyclic amines) is 2. The monoisotopic (exact) mass is 512 g/mol. The highest BCUT2D eigenvalue weighted by molar-refractivity contribution is 6.01. The van der Waals surface area contributed by atoms with Gasteiger partial charge in [0.05, 0.1) is 19.7 Å². The van der Waals surface area contributed by atoms with Gasteiger partial charge in [-0.3, -0.25) is 14.4 Å². The fourth-order valence-corrected chi connectivity index (χ4v) is 5.21. The number of amides is 4. The second-order valence-corrected chi connectivity index (χ2v) is 11.0. The van der Waals surface area contributed by atoms with Gasteiger partial charge in [-0.05, 0) is 29.9 Å². The van der Waals surface area contributed by atoms with E-state index in [1.54, 1.807) is 12.1 Å². The minimum absolute atomic E-state index is 0.0138. The van der Waals surface area contributed by atoms with Crippen molar-refractivity contribution in [3.05, 3.63) is 18.3 Å². The number of nitrogens with one attached hydrogen (secondary N) is 2. The first-order valence-corrected chi connectivity index (χ1v) is 12.2. The average Bonchev–Trinajstić information content (AvgIpc) is 3.42. The zero-order valence-corrected chi connectivity index (χ0v) is 21.6. The molecule has 1 aromatic rings. The number of anilines is 1. The van der Waals surface area contributed by atoms with E-state index in [9.17, 15) is 24.4 Å². The van der Waals surface area contributed by atoms with E-state index in [0.29, 0.717) is 18.7 Å². The molecular weight excluding hydrogens is 480 g/mol. The summed E-state index contributed by atoms with van der Waals surface area (Å²) in [5, 5.41) is 15.2. The molecule has 1 aromatic heterocycles. The molecule has 12 heteroatoms. The highest BCUT2D eigenvalue weighted by Crippen LogP contribution is 2.40. The molecule has 0 aliphatic carbocycles. The van der Waals surface area contributed by atoms with E-state index < -0.39 is 53.0 Å². The van der Waals surface area contributed by atoms with Gasteiger partial charge < -0.3 is 29.9 Å². The number of nitriles is 1. The molecule has 4 heterocycles. The number of methoxy groups -OCH3 is 1. The first kappa shape index (κ1) is 26.2. The molecule has 0 bridgehead atoms. The van der Waals surface area contributed by atoms with E-state index in [2.05, 4.69) is 21.7 Å². The standard InChI is InChI=1S/C25H32N6O6/c1-14-9-16(30(12-14)21(33)18(24(2,3)4)28-23(35)36-5)20(32)31-13-25(10-15(31)11-26)22(34)29-19-17(37-25)7-6-8-27-19/h6-8,14-16,18H,9-10,12-13H2,1-5H3,(H,28,35)(H,27,29,34)/t14-,15+,16+,18-,25-/m1/s1. The van der Waals surface area contributed by atoms with Gasteiger partial charge in [-0.1, -0.05) is 27.7 Å². The maximum Gasteiger partial charge on any atom is 0.407 e. The van der Waals surface area contributed by atoms with Crippen LogP contribution >= 0.6 is 0 Å². The maximum atomic E-state index is 13.9. The van der Waals surface area contributed by atoms with Crippen LogP contribution in [0.5, 0.6) is 5.75 Å². The Balaban J connectivity index is 1.60. The van der Waals surface area contributed by atoms with Crippen molar-refractivity contribution in [2.45, 2.75) is 64.3 Å². The van der Waals surface area contributed by atoms with Crippen LogP contribution in [-0.4, -0.2) is 82.5 Å². The van der Waals surface area contributed by atoms with Crippen LogP contribution in [-0.2, 0) is 19.1 Å². The van der Waals surface area contributed by atoms with Crippen LogP contribution in [0.1, 0.15) is 40.5 Å². The molecule has 198 valence electrons. The van der Waals surface area contributed by atoms with Gasteiger partial charge in [0.15, 0.2) is 11.6 Å². The molecule has 3 aliphatic heterocycles. The number of aromatic nitrogens is 1. The number of nitrogens with zero attached hydrogens (tertiary/aromatic N) is 4. The SMILES string of the molecule is COC(=O)N[C@H](C(=O)N1C[C@H](C)C[C@H]1C(=O)N1C[C@@]2(C[C@H]1C#N)Oc1cccnc1NC2=O)C(C)(C)C. The molecule has 2 fully saturated rings. The summed E-state index contributed by atoms with van der Waals surface area (Å²) in [6.45, 7) is 7.54. The molecule has 0 aromatic carbocycles. The second-order valence-electron chi connectivity index (χ2n) is 11.0. The Morgan fingerprint density at radius 2 is 2.08 bits per heavy atom. The summed E-state index contributed by atoms with van der Waals surface area (Å²) in [4.78, 5) is 59.5. The fourth-order valence-electron chi connectivity index (χ4n) is 5.21. The lowest BCUT2D eigenvalue weighted by atomic mass is 9.85. The minimum atomic E-state index is -1.44. The molecule has 1 spiro atoms. The van der Waals surface area contributed by atoms with Gasteiger partial charge in [-0.2, -0.15) is 5.26 Å². The van der Waals surface area contributed by atoms with Crippen molar-refractivity contribution in [2.24, 2.45) is 11.3 Å². The van der Waals surface area contributed by atoms with E-state index in [1.165, 1.54) is 23.1 Å². The van der Waals surface area contributed by atoms with Crippen molar-refractivity contribution < 1.29 is 28.7 Å². The van der Waals surface area contributed by atoms with Gasteiger partial charge in [0.1, 0.15) is 18.1 Å². The molecule has 37 heavy (non-hydrogen) atoms.